The van der Waals surface area contributed by atoms with Crippen molar-refractivity contribution in [2.24, 2.45) is 0 Å². The van der Waals surface area contributed by atoms with Gasteiger partial charge in [0.2, 0.25) is 0 Å². The molecule has 1 aliphatic carbocycles. The Balaban J connectivity index is 2.31. The Bertz CT molecular complexity index is 431. The van der Waals surface area contributed by atoms with Crippen molar-refractivity contribution in [2.75, 3.05) is 16.8 Å². The smallest absolute Gasteiger partial charge is 0.271 e. The van der Waals surface area contributed by atoms with Crippen molar-refractivity contribution >= 4 is 33.3 Å². The maximum absolute atomic E-state index is 11.5. The molecule has 94 valence electrons. The number of halogens is 2. The Kier molecular flexibility index (Phi) is 4.45. The summed E-state index contributed by atoms with van der Waals surface area (Å²) in [4.78, 5) is 20.4. The first-order chi connectivity index (χ1) is 8.24. The first-order valence-electron chi connectivity index (χ1n) is 5.80. The molecule has 6 heteroatoms. The van der Waals surface area contributed by atoms with Crippen LogP contribution < -0.4 is 10.5 Å². The van der Waals surface area contributed by atoms with Gasteiger partial charge in [-0.3, -0.25) is 4.79 Å². The number of nitrogens with zero attached hydrogens (tertiary/aromatic N) is 2. The highest BCUT2D eigenvalue weighted by atomic mass is 79.9. The van der Waals surface area contributed by atoms with E-state index >= 15 is 0 Å². The van der Waals surface area contributed by atoms with Gasteiger partial charge in [-0.15, -0.1) is 0 Å². The highest BCUT2D eigenvalue weighted by molar-refractivity contribution is 9.09. The number of H-pyrrole nitrogens is 1. The molecule has 0 unspecified atom stereocenters. The van der Waals surface area contributed by atoms with Crippen LogP contribution in [0.4, 0.5) is 5.82 Å². The predicted molar refractivity (Wildman–Crippen MR) is 73.3 cm³/mol. The summed E-state index contributed by atoms with van der Waals surface area (Å²) in [6.45, 7) is 0.820. The van der Waals surface area contributed by atoms with Crippen molar-refractivity contribution in [3.8, 4) is 0 Å². The van der Waals surface area contributed by atoms with Gasteiger partial charge < -0.3 is 9.88 Å². The van der Waals surface area contributed by atoms with Crippen LogP contribution in [0.25, 0.3) is 0 Å². The van der Waals surface area contributed by atoms with Gasteiger partial charge >= 0.3 is 0 Å². The molecule has 1 saturated carbocycles. The summed E-state index contributed by atoms with van der Waals surface area (Å²) >= 11 is 9.48. The van der Waals surface area contributed by atoms with Crippen LogP contribution in [-0.2, 0) is 0 Å². The third kappa shape index (κ3) is 2.83. The summed E-state index contributed by atoms with van der Waals surface area (Å²) in [5.41, 5.74) is -0.269. The Hall–Kier alpha value is -0.550. The zero-order valence-electron chi connectivity index (χ0n) is 9.46. The van der Waals surface area contributed by atoms with Crippen LogP contribution in [0, 0.1) is 0 Å². The lowest BCUT2D eigenvalue weighted by molar-refractivity contribution is 0.615. The zero-order chi connectivity index (χ0) is 12.3. The number of rotatable bonds is 4. The standard InChI is InChI=1S/C11H15BrClN3O/c12-5-6-16(8-3-1-2-4-8)10-9(13)11(17)15-7-14-10/h7-8H,1-6H2,(H,14,15,17). The van der Waals surface area contributed by atoms with Gasteiger partial charge in [0.25, 0.3) is 5.56 Å². The molecule has 0 bridgehead atoms. The molecule has 0 amide bonds. The number of nitrogens with one attached hydrogen (secondary N) is 1. The van der Waals surface area contributed by atoms with E-state index in [-0.39, 0.29) is 10.6 Å². The maximum Gasteiger partial charge on any atom is 0.271 e. The van der Waals surface area contributed by atoms with Crippen LogP contribution >= 0.6 is 27.5 Å². The molecule has 0 spiro atoms. The van der Waals surface area contributed by atoms with Gasteiger partial charge in [0.15, 0.2) is 5.82 Å². The molecular formula is C11H15BrClN3O. The number of aromatic nitrogens is 2. The van der Waals surface area contributed by atoms with Crippen LogP contribution in [0.3, 0.4) is 0 Å². The number of aromatic amines is 1. The third-order valence-corrected chi connectivity index (χ3v) is 3.84. The van der Waals surface area contributed by atoms with Gasteiger partial charge in [0, 0.05) is 17.9 Å². The van der Waals surface area contributed by atoms with Crippen LogP contribution in [0.15, 0.2) is 11.1 Å². The average Bonchev–Trinajstić information content (AvgIpc) is 2.84. The lowest BCUT2D eigenvalue weighted by Crippen LogP contribution is -2.36. The molecule has 2 rings (SSSR count). The molecule has 17 heavy (non-hydrogen) atoms. The minimum Gasteiger partial charge on any atom is -0.351 e. The van der Waals surface area contributed by atoms with Crippen molar-refractivity contribution in [1.82, 2.24) is 9.97 Å². The van der Waals surface area contributed by atoms with Gasteiger partial charge in [-0.1, -0.05) is 40.4 Å². The molecule has 0 saturated heterocycles. The zero-order valence-corrected chi connectivity index (χ0v) is 11.8. The number of hydrogen-bond acceptors (Lipinski definition) is 3. The molecule has 1 heterocycles. The van der Waals surface area contributed by atoms with E-state index in [2.05, 4.69) is 30.8 Å². The van der Waals surface area contributed by atoms with Crippen LogP contribution in [-0.4, -0.2) is 27.9 Å². The quantitative estimate of drug-likeness (QED) is 0.868. The fourth-order valence-electron chi connectivity index (χ4n) is 2.34. The second kappa shape index (κ2) is 5.87. The predicted octanol–water partition coefficient (Wildman–Crippen LogP) is 2.57. The Morgan fingerprint density at radius 2 is 2.24 bits per heavy atom. The summed E-state index contributed by atoms with van der Waals surface area (Å²) < 4.78 is 0. The third-order valence-electron chi connectivity index (χ3n) is 3.14. The van der Waals surface area contributed by atoms with E-state index in [0.29, 0.717) is 11.9 Å². The summed E-state index contributed by atoms with van der Waals surface area (Å²) in [7, 11) is 0. The molecule has 1 aromatic heterocycles. The first kappa shape index (κ1) is 12.9. The van der Waals surface area contributed by atoms with Crippen molar-refractivity contribution < 1.29 is 0 Å². The molecule has 0 aliphatic heterocycles. The number of anilines is 1. The molecule has 0 radical (unpaired) electrons. The van der Waals surface area contributed by atoms with Crippen LogP contribution in [0.5, 0.6) is 0 Å². The second-order valence-corrected chi connectivity index (χ2v) is 5.36. The van der Waals surface area contributed by atoms with Crippen molar-refractivity contribution in [3.63, 3.8) is 0 Å². The SMILES string of the molecule is O=c1[nH]cnc(N(CCBr)C2CCCC2)c1Cl. The van der Waals surface area contributed by atoms with E-state index in [1.165, 1.54) is 19.2 Å². The highest BCUT2D eigenvalue weighted by Gasteiger charge is 2.25. The van der Waals surface area contributed by atoms with Gasteiger partial charge in [-0.25, -0.2) is 4.98 Å². The van der Waals surface area contributed by atoms with E-state index < -0.39 is 0 Å². The molecular weight excluding hydrogens is 305 g/mol. The van der Waals surface area contributed by atoms with E-state index in [0.717, 1.165) is 24.7 Å². The van der Waals surface area contributed by atoms with Gasteiger partial charge in [0.1, 0.15) is 5.02 Å². The fraction of sp³-hybridized carbons (Fsp3) is 0.636. The topological polar surface area (TPSA) is 49.0 Å². The Labute approximate surface area is 114 Å². The second-order valence-electron chi connectivity index (χ2n) is 4.19. The molecule has 1 fully saturated rings. The molecule has 1 N–H and O–H groups in total. The minimum atomic E-state index is -0.269. The van der Waals surface area contributed by atoms with Crippen molar-refractivity contribution in [2.45, 2.75) is 31.7 Å². The summed E-state index contributed by atoms with van der Waals surface area (Å²) in [6.07, 6.45) is 6.20. The normalized spacial score (nSPS) is 16.4. The van der Waals surface area contributed by atoms with E-state index in [1.807, 2.05) is 0 Å². The van der Waals surface area contributed by atoms with Crippen molar-refractivity contribution in [3.05, 3.63) is 21.7 Å². The Morgan fingerprint density at radius 3 is 2.88 bits per heavy atom. The van der Waals surface area contributed by atoms with Gasteiger partial charge in [0.05, 0.1) is 6.33 Å². The molecule has 1 aromatic rings. The van der Waals surface area contributed by atoms with Crippen LogP contribution in [0.2, 0.25) is 5.02 Å². The van der Waals surface area contributed by atoms with E-state index in [9.17, 15) is 4.79 Å². The molecule has 0 aromatic carbocycles. The minimum absolute atomic E-state index is 0.195. The van der Waals surface area contributed by atoms with Gasteiger partial charge in [-0.2, -0.15) is 0 Å². The highest BCUT2D eigenvalue weighted by Crippen LogP contribution is 2.29. The summed E-state index contributed by atoms with van der Waals surface area (Å²) in [5.74, 6) is 0.613. The molecule has 1 aliphatic rings. The van der Waals surface area contributed by atoms with Crippen LogP contribution in [0.1, 0.15) is 25.7 Å². The number of alkyl halides is 1. The lowest BCUT2D eigenvalue weighted by Gasteiger charge is -2.29. The van der Waals surface area contributed by atoms with Crippen molar-refractivity contribution in [1.29, 1.82) is 0 Å². The molecule has 4 nitrogen and oxygen atoms in total. The summed E-state index contributed by atoms with van der Waals surface area (Å²) in [5, 5.41) is 1.04. The fourth-order valence-corrected chi connectivity index (χ4v) is 2.94. The maximum atomic E-state index is 11.5. The van der Waals surface area contributed by atoms with E-state index in [4.69, 9.17) is 11.6 Å². The average molecular weight is 321 g/mol. The van der Waals surface area contributed by atoms with E-state index in [1.54, 1.807) is 0 Å². The summed E-state index contributed by atoms with van der Waals surface area (Å²) in [6, 6.07) is 0.458. The molecule has 0 atom stereocenters. The van der Waals surface area contributed by atoms with Gasteiger partial charge in [-0.05, 0) is 12.8 Å². The lowest BCUT2D eigenvalue weighted by atomic mass is 10.2. The number of hydrogen-bond donors (Lipinski definition) is 1. The Morgan fingerprint density at radius 1 is 1.53 bits per heavy atom. The first-order valence-corrected chi connectivity index (χ1v) is 7.29. The largest absolute Gasteiger partial charge is 0.351 e. The monoisotopic (exact) mass is 319 g/mol.